The van der Waals surface area contributed by atoms with Gasteiger partial charge in [0, 0.05) is 25.7 Å². The van der Waals surface area contributed by atoms with Crippen LogP contribution in [0.15, 0.2) is 48.5 Å². The molecule has 0 bridgehead atoms. The van der Waals surface area contributed by atoms with Gasteiger partial charge in [0.1, 0.15) is 11.9 Å². The Kier molecular flexibility index (Phi) is 7.05. The van der Waals surface area contributed by atoms with Crippen molar-refractivity contribution in [2.24, 2.45) is 5.92 Å². The number of ether oxygens (including phenoxy) is 1. The molecule has 0 radical (unpaired) electrons. The van der Waals surface area contributed by atoms with E-state index in [-0.39, 0.29) is 23.9 Å². The highest BCUT2D eigenvalue weighted by molar-refractivity contribution is 7.17. The maximum atomic E-state index is 14.3. The molecule has 2 aromatic carbocycles. The van der Waals surface area contributed by atoms with Gasteiger partial charge in [-0.1, -0.05) is 45.6 Å². The molecule has 9 heteroatoms. The smallest absolute Gasteiger partial charge is 0.307 e. The molecule has 176 valence electrons. The number of carbonyl (C=O) groups excluding carboxylic acids is 2. The fourth-order valence-corrected chi connectivity index (χ4v) is 4.69. The van der Waals surface area contributed by atoms with Crippen molar-refractivity contribution < 1.29 is 27.5 Å². The van der Waals surface area contributed by atoms with Gasteiger partial charge in [-0.15, -0.1) is 0 Å². The number of cyclic esters (lactones) is 1. The zero-order valence-corrected chi connectivity index (χ0v) is 19.1. The molecule has 2 aliphatic heterocycles. The summed E-state index contributed by atoms with van der Waals surface area (Å²) in [6.45, 7) is 2.52. The first-order valence-corrected chi connectivity index (χ1v) is 11.5. The number of halogens is 3. The fraction of sp³-hybridized carbons (Fsp3) is 0.417. The van der Waals surface area contributed by atoms with Gasteiger partial charge < -0.3 is 10.1 Å². The van der Waals surface area contributed by atoms with E-state index in [1.54, 1.807) is 0 Å². The number of nitrogens with one attached hydrogen (secondary N) is 1. The zero-order chi connectivity index (χ0) is 23.6. The quantitative estimate of drug-likeness (QED) is 0.501. The number of benzene rings is 2. The fourth-order valence-electron chi connectivity index (χ4n) is 4.45. The van der Waals surface area contributed by atoms with Crippen LogP contribution in [0.25, 0.3) is 0 Å². The number of rotatable bonds is 6. The van der Waals surface area contributed by atoms with E-state index >= 15 is 0 Å². The third-order valence-electron chi connectivity index (χ3n) is 6.21. The molecule has 2 aliphatic rings. The lowest BCUT2D eigenvalue weighted by atomic mass is 9.92. The van der Waals surface area contributed by atoms with Gasteiger partial charge in [-0.05, 0) is 36.1 Å². The summed E-state index contributed by atoms with van der Waals surface area (Å²) in [7, 11) is 1.29. The minimum atomic E-state index is -3.42. The predicted molar refractivity (Wildman–Crippen MR) is 120 cm³/mol. The molecule has 2 aromatic rings. The predicted octanol–water partition coefficient (Wildman–Crippen LogP) is 4.14. The summed E-state index contributed by atoms with van der Waals surface area (Å²) >= 11 is 0. The molecular weight excluding hydrogens is 452 g/mol. The van der Waals surface area contributed by atoms with E-state index < -0.39 is 35.0 Å². The van der Waals surface area contributed by atoms with Gasteiger partial charge in [0.05, 0.1) is 17.9 Å². The molecule has 4 rings (SSSR count). The molecule has 2 unspecified atom stereocenters. The van der Waals surface area contributed by atoms with E-state index in [1.165, 1.54) is 20.9 Å². The molecule has 5 nitrogen and oxygen atoms in total. The van der Waals surface area contributed by atoms with E-state index in [1.807, 2.05) is 18.2 Å². The molecule has 1 N–H and O–H groups in total. The molecule has 2 fully saturated rings. The molecule has 0 aromatic heterocycles. The number of piperidine rings is 1. The number of carbonyl (C=O) groups is 2. The van der Waals surface area contributed by atoms with E-state index in [9.17, 15) is 22.8 Å². The van der Waals surface area contributed by atoms with Crippen LogP contribution < -0.4 is 5.32 Å². The van der Waals surface area contributed by atoms with Crippen LogP contribution in [0, 0.1) is 11.7 Å². The minimum absolute atomic E-state index is 0.0317. The maximum Gasteiger partial charge on any atom is 0.307 e. The Morgan fingerprint density at radius 1 is 1.15 bits per heavy atom. The van der Waals surface area contributed by atoms with E-state index in [4.69, 9.17) is 4.74 Å². The number of likely N-dealkylation sites (tertiary alicyclic amines) is 1. The Morgan fingerprint density at radius 2 is 1.85 bits per heavy atom. The number of amides is 1. The van der Waals surface area contributed by atoms with Crippen LogP contribution in [0.3, 0.4) is 0 Å². The highest BCUT2D eigenvalue weighted by Crippen LogP contribution is 2.40. The van der Waals surface area contributed by atoms with Gasteiger partial charge in [0.15, 0.2) is 0 Å². The van der Waals surface area contributed by atoms with Crippen LogP contribution in [0.2, 0.25) is 0 Å². The molecule has 0 saturated carbocycles. The second kappa shape index (κ2) is 9.82. The van der Waals surface area contributed by atoms with Crippen LogP contribution in [-0.4, -0.2) is 35.9 Å². The second-order valence-electron chi connectivity index (χ2n) is 8.63. The Bertz CT molecular complexity index is 1010. The van der Waals surface area contributed by atoms with Crippen molar-refractivity contribution >= 4 is 21.1 Å². The van der Waals surface area contributed by atoms with Crippen LogP contribution in [-0.2, 0) is 26.5 Å². The van der Waals surface area contributed by atoms with Crippen molar-refractivity contribution in [1.82, 2.24) is 10.2 Å². The topological polar surface area (TPSA) is 58.6 Å². The Morgan fingerprint density at radius 3 is 2.48 bits per heavy atom. The van der Waals surface area contributed by atoms with Crippen molar-refractivity contribution in [3.63, 3.8) is 0 Å². The monoisotopic (exact) mass is 478 g/mol. The molecular formula is C24H26F3N2O3P. The molecule has 33 heavy (non-hydrogen) atoms. The second-order valence-corrected chi connectivity index (χ2v) is 9.35. The van der Waals surface area contributed by atoms with Crippen LogP contribution in [0.4, 0.5) is 13.2 Å². The summed E-state index contributed by atoms with van der Waals surface area (Å²) in [5, 5.41) is 3.00. The maximum absolute atomic E-state index is 14.3. The summed E-state index contributed by atoms with van der Waals surface area (Å²) in [5.74, 6) is -2.85. The molecule has 1 amide bonds. The summed E-state index contributed by atoms with van der Waals surface area (Å²) in [4.78, 5) is 27.2. The van der Waals surface area contributed by atoms with Gasteiger partial charge in [-0.3, -0.25) is 14.5 Å². The first kappa shape index (κ1) is 23.7. The SMILES string of the molecule is O=C1C[C@H](C(=O)NC2CCN(Cc3ccccc3)CC2)C(c2ccc(C(F)(F)P)c(F)c2)O1. The molecule has 2 heterocycles. The van der Waals surface area contributed by atoms with Gasteiger partial charge in [-0.2, -0.15) is 8.78 Å². The summed E-state index contributed by atoms with van der Waals surface area (Å²) in [6.07, 6.45) is 0.415. The number of nitrogens with zero attached hydrogens (tertiary/aromatic N) is 1. The van der Waals surface area contributed by atoms with Crippen LogP contribution >= 0.6 is 9.24 Å². The highest BCUT2D eigenvalue weighted by atomic mass is 31.0. The van der Waals surface area contributed by atoms with Gasteiger partial charge in [0.25, 0.3) is 5.66 Å². The number of esters is 1. The number of hydrogen-bond acceptors (Lipinski definition) is 4. The molecule has 3 atom stereocenters. The number of hydrogen-bond donors (Lipinski definition) is 1. The average Bonchev–Trinajstić information content (AvgIpc) is 3.17. The lowest BCUT2D eigenvalue weighted by molar-refractivity contribution is -0.141. The molecule has 2 saturated heterocycles. The summed E-state index contributed by atoms with van der Waals surface area (Å²) in [6, 6.07) is 13.3. The average molecular weight is 478 g/mol. The Labute approximate surface area is 192 Å². The normalized spacial score (nSPS) is 22.2. The highest BCUT2D eigenvalue weighted by Gasteiger charge is 2.42. The van der Waals surface area contributed by atoms with Crippen molar-refractivity contribution in [3.05, 3.63) is 71.0 Å². The van der Waals surface area contributed by atoms with E-state index in [0.717, 1.165) is 44.6 Å². The summed E-state index contributed by atoms with van der Waals surface area (Å²) < 4.78 is 46.5. The van der Waals surface area contributed by atoms with Crippen molar-refractivity contribution in [2.45, 2.75) is 43.6 Å². The van der Waals surface area contributed by atoms with E-state index in [0.29, 0.717) is 0 Å². The van der Waals surface area contributed by atoms with Crippen molar-refractivity contribution in [2.75, 3.05) is 13.1 Å². The largest absolute Gasteiger partial charge is 0.457 e. The lowest BCUT2D eigenvalue weighted by Crippen LogP contribution is -2.46. The van der Waals surface area contributed by atoms with Gasteiger partial charge in [0.2, 0.25) is 5.91 Å². The van der Waals surface area contributed by atoms with Crippen molar-refractivity contribution in [1.29, 1.82) is 0 Å². The Balaban J connectivity index is 1.36. The standard InChI is InChI=1S/C24H26F3N2O3P/c25-20-12-16(6-7-19(20)24(26,27)33)22-18(13-21(30)32-22)23(31)28-17-8-10-29(11-9-17)14-15-4-2-1-3-5-15/h1-7,12,17-18,22H,8-11,13-14,33H2,(H,28,31)/t18-,22?/m0/s1. The van der Waals surface area contributed by atoms with E-state index in [2.05, 4.69) is 22.3 Å². The van der Waals surface area contributed by atoms with Crippen molar-refractivity contribution in [3.8, 4) is 0 Å². The molecule has 0 spiro atoms. The third kappa shape index (κ3) is 5.74. The Hall–Kier alpha value is -2.44. The number of alkyl halides is 2. The first-order valence-electron chi connectivity index (χ1n) is 10.9. The van der Waals surface area contributed by atoms with Crippen LogP contribution in [0.5, 0.6) is 0 Å². The first-order chi connectivity index (χ1) is 15.7. The zero-order valence-electron chi connectivity index (χ0n) is 18.0. The molecule has 0 aliphatic carbocycles. The van der Waals surface area contributed by atoms with Crippen LogP contribution in [0.1, 0.15) is 42.1 Å². The summed E-state index contributed by atoms with van der Waals surface area (Å²) in [5.41, 5.74) is -2.76. The third-order valence-corrected chi connectivity index (χ3v) is 6.52. The lowest BCUT2D eigenvalue weighted by Gasteiger charge is -2.33. The minimum Gasteiger partial charge on any atom is -0.457 e. The van der Waals surface area contributed by atoms with Gasteiger partial charge >= 0.3 is 5.97 Å². The van der Waals surface area contributed by atoms with Gasteiger partial charge in [-0.25, -0.2) is 4.39 Å².